The number of amides is 1. The van der Waals surface area contributed by atoms with E-state index in [2.05, 4.69) is 32.9 Å². The van der Waals surface area contributed by atoms with Crippen molar-refractivity contribution in [2.24, 2.45) is 4.99 Å². The molecule has 0 unspecified atom stereocenters. The number of hydrogen-bond acceptors (Lipinski definition) is 5. The quantitative estimate of drug-likeness (QED) is 0.240. The number of nitrogens with zero attached hydrogens (tertiary/aromatic N) is 2. The molecule has 0 fully saturated rings. The molecule has 1 heterocycles. The number of ether oxygens (including phenoxy) is 1. The smallest absolute Gasteiger partial charge is 0.239 e. The molecule has 1 aromatic heterocycles. The van der Waals surface area contributed by atoms with Gasteiger partial charge in [0.1, 0.15) is 5.01 Å². The predicted octanol–water partition coefficient (Wildman–Crippen LogP) is 0.751. The molecule has 0 aliphatic rings. The molecule has 0 spiro atoms. The van der Waals surface area contributed by atoms with Gasteiger partial charge in [-0.2, -0.15) is 0 Å². The summed E-state index contributed by atoms with van der Waals surface area (Å²) in [5, 5.41) is 9.81. The van der Waals surface area contributed by atoms with Crippen LogP contribution in [0.3, 0.4) is 0 Å². The van der Waals surface area contributed by atoms with E-state index in [1.54, 1.807) is 25.5 Å². The number of aryl methyl sites for hydroxylation is 1. The fraction of sp³-hybridized carbons (Fsp3) is 0.615. The van der Waals surface area contributed by atoms with Gasteiger partial charge in [-0.15, -0.1) is 35.3 Å². The molecule has 0 aliphatic carbocycles. The molecule has 0 bridgehead atoms. The fourth-order valence-corrected chi connectivity index (χ4v) is 2.29. The Kier molecular flexibility index (Phi) is 12.1. The van der Waals surface area contributed by atoms with Crippen molar-refractivity contribution in [3.63, 3.8) is 0 Å². The van der Waals surface area contributed by atoms with E-state index in [0.29, 0.717) is 25.7 Å². The van der Waals surface area contributed by atoms with Crippen LogP contribution in [0.4, 0.5) is 0 Å². The van der Waals surface area contributed by atoms with Gasteiger partial charge in [0, 0.05) is 31.8 Å². The summed E-state index contributed by atoms with van der Waals surface area (Å²) in [6, 6.07) is 0. The Morgan fingerprint density at radius 3 is 2.77 bits per heavy atom. The number of aliphatic imine (C=N–C) groups is 1. The zero-order valence-electron chi connectivity index (χ0n) is 13.1. The van der Waals surface area contributed by atoms with Gasteiger partial charge in [0.15, 0.2) is 5.96 Å². The highest BCUT2D eigenvalue weighted by Crippen LogP contribution is 2.12. The van der Waals surface area contributed by atoms with Gasteiger partial charge in [0.2, 0.25) is 5.91 Å². The lowest BCUT2D eigenvalue weighted by atomic mass is 10.4. The molecular formula is C13H24IN5O2S. The highest BCUT2D eigenvalue weighted by molar-refractivity contribution is 14.0. The Bertz CT molecular complexity index is 467. The van der Waals surface area contributed by atoms with Crippen molar-refractivity contribution in [1.82, 2.24) is 20.9 Å². The number of rotatable bonds is 8. The van der Waals surface area contributed by atoms with Gasteiger partial charge in [-0.25, -0.2) is 4.98 Å². The maximum Gasteiger partial charge on any atom is 0.239 e. The van der Waals surface area contributed by atoms with Crippen LogP contribution in [0.1, 0.15) is 16.8 Å². The van der Waals surface area contributed by atoms with Crippen LogP contribution < -0.4 is 16.0 Å². The first-order valence-corrected chi connectivity index (χ1v) is 7.65. The molecule has 0 atom stereocenters. The highest BCUT2D eigenvalue weighted by atomic mass is 127. The molecule has 0 radical (unpaired) electrons. The summed E-state index contributed by atoms with van der Waals surface area (Å²) in [5.41, 5.74) is 0. The van der Waals surface area contributed by atoms with Gasteiger partial charge >= 0.3 is 0 Å². The number of halogens is 1. The summed E-state index contributed by atoms with van der Waals surface area (Å²) in [6.07, 6.45) is 2.88. The number of aromatic nitrogens is 1. The van der Waals surface area contributed by atoms with Crippen molar-refractivity contribution in [2.45, 2.75) is 19.9 Å². The molecule has 22 heavy (non-hydrogen) atoms. The van der Waals surface area contributed by atoms with E-state index in [4.69, 9.17) is 4.74 Å². The van der Waals surface area contributed by atoms with Crippen molar-refractivity contribution < 1.29 is 9.53 Å². The van der Waals surface area contributed by atoms with Gasteiger partial charge in [0.25, 0.3) is 0 Å². The summed E-state index contributed by atoms with van der Waals surface area (Å²) in [6.45, 7) is 3.87. The topological polar surface area (TPSA) is 87.6 Å². The Hall–Kier alpha value is -0.940. The average Bonchev–Trinajstić information content (AvgIpc) is 2.96. The first-order valence-electron chi connectivity index (χ1n) is 6.83. The van der Waals surface area contributed by atoms with Gasteiger partial charge in [-0.3, -0.25) is 9.79 Å². The fourth-order valence-electron chi connectivity index (χ4n) is 1.49. The maximum absolute atomic E-state index is 11.5. The van der Waals surface area contributed by atoms with Gasteiger partial charge < -0.3 is 20.7 Å². The molecule has 0 saturated carbocycles. The van der Waals surface area contributed by atoms with Crippen molar-refractivity contribution in [3.05, 3.63) is 16.1 Å². The van der Waals surface area contributed by atoms with E-state index in [1.165, 1.54) is 4.88 Å². The highest BCUT2D eigenvalue weighted by Gasteiger charge is 2.05. The third-order valence-corrected chi connectivity index (χ3v) is 3.77. The molecule has 1 amide bonds. The lowest BCUT2D eigenvalue weighted by Crippen LogP contribution is -2.43. The zero-order chi connectivity index (χ0) is 15.5. The summed E-state index contributed by atoms with van der Waals surface area (Å²) < 4.78 is 4.86. The molecule has 0 saturated heterocycles. The molecule has 1 aromatic rings. The molecule has 9 heteroatoms. The largest absolute Gasteiger partial charge is 0.383 e. The standard InChI is InChI=1S/C13H23N5O2S.HI/c1-4-10-7-16-12(21-10)9-18-13(14-2)17-8-11(19)15-5-6-20-3;/h7H,4-6,8-9H2,1-3H3,(H,15,19)(H2,14,17,18);1H. The first-order chi connectivity index (χ1) is 10.2. The normalized spacial score (nSPS) is 10.8. The molecular weight excluding hydrogens is 417 g/mol. The van der Waals surface area contributed by atoms with E-state index in [1.807, 2.05) is 6.20 Å². The summed E-state index contributed by atoms with van der Waals surface area (Å²) in [5.74, 6) is 0.475. The molecule has 1 rings (SSSR count). The molecule has 7 nitrogen and oxygen atoms in total. The molecule has 0 aromatic carbocycles. The van der Waals surface area contributed by atoms with Crippen molar-refractivity contribution in [2.75, 3.05) is 33.9 Å². The van der Waals surface area contributed by atoms with Crippen LogP contribution in [0.25, 0.3) is 0 Å². The minimum Gasteiger partial charge on any atom is -0.383 e. The van der Waals surface area contributed by atoms with Crippen LogP contribution in [0, 0.1) is 0 Å². The zero-order valence-corrected chi connectivity index (χ0v) is 16.3. The second-order valence-corrected chi connectivity index (χ2v) is 5.40. The second kappa shape index (κ2) is 12.6. The summed E-state index contributed by atoms with van der Waals surface area (Å²) >= 11 is 1.67. The third kappa shape index (κ3) is 8.49. The molecule has 3 N–H and O–H groups in total. The van der Waals surface area contributed by atoms with E-state index >= 15 is 0 Å². The van der Waals surface area contributed by atoms with Crippen LogP contribution in [0.15, 0.2) is 11.2 Å². The number of methoxy groups -OCH3 is 1. The number of carbonyl (C=O) groups is 1. The Morgan fingerprint density at radius 2 is 2.18 bits per heavy atom. The van der Waals surface area contributed by atoms with E-state index < -0.39 is 0 Å². The SMILES string of the molecule is CCc1cnc(CNC(=NC)NCC(=O)NCCOC)s1.I. The van der Waals surface area contributed by atoms with E-state index in [0.717, 1.165) is 11.4 Å². The van der Waals surface area contributed by atoms with Crippen LogP contribution >= 0.6 is 35.3 Å². The second-order valence-electron chi connectivity index (χ2n) is 4.20. The maximum atomic E-state index is 11.5. The lowest BCUT2D eigenvalue weighted by molar-refractivity contribution is -0.120. The van der Waals surface area contributed by atoms with Crippen molar-refractivity contribution in [3.8, 4) is 0 Å². The average molecular weight is 441 g/mol. The number of hydrogen-bond donors (Lipinski definition) is 3. The van der Waals surface area contributed by atoms with Crippen LogP contribution in [-0.4, -0.2) is 50.7 Å². The van der Waals surface area contributed by atoms with Crippen molar-refractivity contribution >= 4 is 47.2 Å². The Labute approximate surface area is 152 Å². The van der Waals surface area contributed by atoms with Gasteiger partial charge in [0.05, 0.1) is 19.7 Å². The van der Waals surface area contributed by atoms with Gasteiger partial charge in [-0.05, 0) is 6.42 Å². The van der Waals surface area contributed by atoms with Crippen LogP contribution in [-0.2, 0) is 22.5 Å². The minimum atomic E-state index is -0.0995. The monoisotopic (exact) mass is 441 g/mol. The summed E-state index contributed by atoms with van der Waals surface area (Å²) in [4.78, 5) is 21.2. The predicted molar refractivity (Wildman–Crippen MR) is 100.0 cm³/mol. The van der Waals surface area contributed by atoms with Crippen LogP contribution in [0.5, 0.6) is 0 Å². The lowest BCUT2D eigenvalue weighted by Gasteiger charge is -2.10. The molecule has 0 aliphatic heterocycles. The van der Waals surface area contributed by atoms with E-state index in [-0.39, 0.29) is 36.4 Å². The number of guanidine groups is 1. The van der Waals surface area contributed by atoms with Crippen molar-refractivity contribution in [1.29, 1.82) is 0 Å². The number of thiazole rings is 1. The third-order valence-electron chi connectivity index (χ3n) is 2.63. The number of nitrogens with one attached hydrogen (secondary N) is 3. The Balaban J connectivity index is 0.00000441. The molecule has 126 valence electrons. The number of carbonyl (C=O) groups excluding carboxylic acids is 1. The first kappa shape index (κ1) is 21.1. The van der Waals surface area contributed by atoms with E-state index in [9.17, 15) is 4.79 Å². The van der Waals surface area contributed by atoms with Crippen LogP contribution in [0.2, 0.25) is 0 Å². The Morgan fingerprint density at radius 1 is 1.41 bits per heavy atom. The summed E-state index contributed by atoms with van der Waals surface area (Å²) in [7, 11) is 3.26. The van der Waals surface area contributed by atoms with Gasteiger partial charge in [-0.1, -0.05) is 6.92 Å². The minimum absolute atomic E-state index is 0.